The number of thiophene rings is 1. The summed E-state index contributed by atoms with van der Waals surface area (Å²) in [6.07, 6.45) is 2.44. The lowest BCUT2D eigenvalue weighted by Crippen LogP contribution is -2.25. The molecule has 0 bridgehead atoms. The van der Waals surface area contributed by atoms with Crippen LogP contribution in [0.4, 0.5) is 11.5 Å². The first-order valence-electron chi connectivity index (χ1n) is 10.5. The van der Waals surface area contributed by atoms with Gasteiger partial charge in [-0.3, -0.25) is 4.79 Å². The van der Waals surface area contributed by atoms with E-state index in [4.69, 9.17) is 32.7 Å². The summed E-state index contributed by atoms with van der Waals surface area (Å²) in [4.78, 5) is 24.2. The molecule has 2 aromatic heterocycles. The van der Waals surface area contributed by atoms with Gasteiger partial charge in [0.15, 0.2) is 0 Å². The highest BCUT2D eigenvalue weighted by molar-refractivity contribution is 7.18. The number of aromatic nitrogens is 2. The highest BCUT2D eigenvalue weighted by Crippen LogP contribution is 2.44. The maximum atomic E-state index is 13.1. The molecule has 0 aliphatic carbocycles. The number of methoxy groups -OCH3 is 2. The van der Waals surface area contributed by atoms with Crippen molar-refractivity contribution in [2.45, 2.75) is 20.3 Å². The molecule has 178 valence electrons. The predicted molar refractivity (Wildman–Crippen MR) is 136 cm³/mol. The fourth-order valence-electron chi connectivity index (χ4n) is 3.36. The number of fused-ring (bicyclic) bond motifs is 1. The summed E-state index contributed by atoms with van der Waals surface area (Å²) in [6, 6.07) is 1.56. The first-order chi connectivity index (χ1) is 15.9. The number of nitrogens with zero attached hydrogens (tertiary/aromatic N) is 3. The average Bonchev–Trinajstić information content (AvgIpc) is 3.27. The summed E-state index contributed by atoms with van der Waals surface area (Å²) < 4.78 is 11.3. The van der Waals surface area contributed by atoms with E-state index in [1.165, 1.54) is 31.9 Å². The van der Waals surface area contributed by atoms with E-state index in [0.717, 1.165) is 37.3 Å². The van der Waals surface area contributed by atoms with Gasteiger partial charge >= 0.3 is 0 Å². The van der Waals surface area contributed by atoms with Crippen LogP contribution in [-0.4, -0.2) is 61.2 Å². The van der Waals surface area contributed by atoms with Crippen LogP contribution in [0.2, 0.25) is 10.0 Å². The third kappa shape index (κ3) is 5.60. The number of ether oxygens (including phenoxy) is 2. The van der Waals surface area contributed by atoms with E-state index in [0.29, 0.717) is 28.4 Å². The minimum Gasteiger partial charge on any atom is -0.495 e. The van der Waals surface area contributed by atoms with Crippen molar-refractivity contribution in [2.75, 3.05) is 51.0 Å². The fraction of sp³-hybridized carbons (Fsp3) is 0.409. The Morgan fingerprint density at radius 2 is 1.79 bits per heavy atom. The Morgan fingerprint density at radius 1 is 1.12 bits per heavy atom. The van der Waals surface area contributed by atoms with Crippen LogP contribution in [0.3, 0.4) is 0 Å². The quantitative estimate of drug-likeness (QED) is 0.332. The summed E-state index contributed by atoms with van der Waals surface area (Å²) in [7, 11) is 2.94. The van der Waals surface area contributed by atoms with Gasteiger partial charge in [0, 0.05) is 18.0 Å². The molecule has 8 nitrogen and oxygen atoms in total. The number of benzene rings is 1. The number of carbonyl (C=O) groups excluding carboxylic acids is 1. The topological polar surface area (TPSA) is 88.6 Å². The summed E-state index contributed by atoms with van der Waals surface area (Å²) >= 11 is 14.2. The monoisotopic (exact) mass is 511 g/mol. The molecule has 0 atom stereocenters. The van der Waals surface area contributed by atoms with E-state index in [1.54, 1.807) is 11.4 Å². The van der Waals surface area contributed by atoms with Crippen LogP contribution < -0.4 is 20.1 Å². The van der Waals surface area contributed by atoms with E-state index in [9.17, 15) is 4.79 Å². The van der Waals surface area contributed by atoms with Crippen molar-refractivity contribution >= 4 is 62.2 Å². The van der Waals surface area contributed by atoms with Crippen LogP contribution in [0.1, 0.15) is 30.6 Å². The van der Waals surface area contributed by atoms with Gasteiger partial charge in [0.25, 0.3) is 5.91 Å². The van der Waals surface area contributed by atoms with Crippen LogP contribution in [0.25, 0.3) is 10.2 Å². The number of anilines is 2. The molecule has 0 unspecified atom stereocenters. The molecule has 0 fully saturated rings. The zero-order chi connectivity index (χ0) is 24.0. The maximum Gasteiger partial charge on any atom is 0.258 e. The Kier molecular flexibility index (Phi) is 8.96. The maximum absolute atomic E-state index is 13.1. The summed E-state index contributed by atoms with van der Waals surface area (Å²) in [5.74, 6) is 0.984. The fourth-order valence-corrected chi connectivity index (χ4v) is 4.92. The molecule has 1 aromatic carbocycles. The van der Waals surface area contributed by atoms with Crippen molar-refractivity contribution in [2.24, 2.45) is 0 Å². The molecule has 0 radical (unpaired) electrons. The summed E-state index contributed by atoms with van der Waals surface area (Å²) in [5, 5.41) is 8.25. The molecule has 2 heterocycles. The molecule has 0 aliphatic rings. The zero-order valence-electron chi connectivity index (χ0n) is 19.0. The molecule has 33 heavy (non-hydrogen) atoms. The molecule has 0 spiro atoms. The Hall–Kier alpha value is -2.33. The highest BCUT2D eigenvalue weighted by atomic mass is 35.5. The first-order valence-corrected chi connectivity index (χ1v) is 12.2. The highest BCUT2D eigenvalue weighted by Gasteiger charge is 2.22. The van der Waals surface area contributed by atoms with Gasteiger partial charge in [-0.15, -0.1) is 11.3 Å². The van der Waals surface area contributed by atoms with E-state index < -0.39 is 5.91 Å². The lowest BCUT2D eigenvalue weighted by molar-refractivity contribution is 0.102. The van der Waals surface area contributed by atoms with Crippen LogP contribution in [0.5, 0.6) is 11.5 Å². The van der Waals surface area contributed by atoms with Crippen molar-refractivity contribution in [1.29, 1.82) is 0 Å². The number of carbonyl (C=O) groups is 1. The molecule has 0 saturated carbocycles. The summed E-state index contributed by atoms with van der Waals surface area (Å²) in [6.45, 7) is 8.17. The molecule has 3 aromatic rings. The van der Waals surface area contributed by atoms with E-state index >= 15 is 0 Å². The van der Waals surface area contributed by atoms with Crippen molar-refractivity contribution in [3.05, 3.63) is 33.4 Å². The average molecular weight is 512 g/mol. The first kappa shape index (κ1) is 25.3. The molecular weight excluding hydrogens is 485 g/mol. The zero-order valence-corrected chi connectivity index (χ0v) is 21.3. The third-order valence-corrected chi connectivity index (χ3v) is 6.97. The number of nitrogens with one attached hydrogen (secondary N) is 2. The second-order valence-corrected chi connectivity index (χ2v) is 8.73. The van der Waals surface area contributed by atoms with Crippen LogP contribution >= 0.6 is 34.5 Å². The Labute approximate surface area is 207 Å². The molecule has 3 rings (SSSR count). The van der Waals surface area contributed by atoms with Gasteiger partial charge in [-0.1, -0.05) is 37.0 Å². The SMILES string of the molecule is CCN(CC)CCCNc1ncnc2c(C(=O)Nc3c(Cl)c(OC)cc(OC)c3Cl)csc12. The van der Waals surface area contributed by atoms with Gasteiger partial charge in [-0.05, 0) is 26.1 Å². The molecular formula is C22H27Cl2N5O3S. The molecule has 2 N–H and O–H groups in total. The van der Waals surface area contributed by atoms with Crippen LogP contribution in [0.15, 0.2) is 17.8 Å². The smallest absolute Gasteiger partial charge is 0.258 e. The molecule has 1 amide bonds. The Balaban J connectivity index is 1.80. The van der Waals surface area contributed by atoms with Crippen molar-refractivity contribution in [3.8, 4) is 11.5 Å². The van der Waals surface area contributed by atoms with Crippen LogP contribution in [-0.2, 0) is 0 Å². The lowest BCUT2D eigenvalue weighted by Gasteiger charge is -2.17. The largest absolute Gasteiger partial charge is 0.495 e. The van der Waals surface area contributed by atoms with Crippen molar-refractivity contribution < 1.29 is 14.3 Å². The number of halogens is 2. The van der Waals surface area contributed by atoms with Gasteiger partial charge in [0.05, 0.1) is 35.7 Å². The van der Waals surface area contributed by atoms with Gasteiger partial charge in [0.2, 0.25) is 0 Å². The summed E-state index contributed by atoms with van der Waals surface area (Å²) in [5.41, 5.74) is 1.17. The number of hydrogen-bond donors (Lipinski definition) is 2. The van der Waals surface area contributed by atoms with Crippen molar-refractivity contribution in [1.82, 2.24) is 14.9 Å². The third-order valence-electron chi connectivity index (χ3n) is 5.25. The van der Waals surface area contributed by atoms with E-state index in [2.05, 4.69) is 39.3 Å². The van der Waals surface area contributed by atoms with Gasteiger partial charge in [0.1, 0.15) is 33.7 Å². The normalized spacial score (nSPS) is 11.1. The standard InChI is InChI=1S/C22H27Cl2N5O3S/c1-5-29(6-2)9-7-8-25-21-20-18(26-12-27-21)13(11-33-20)22(30)28-19-16(23)14(31-3)10-15(32-4)17(19)24/h10-12H,5-9H2,1-4H3,(H,28,30)(H,25,26,27). The lowest BCUT2D eigenvalue weighted by atomic mass is 10.2. The Morgan fingerprint density at radius 3 is 2.39 bits per heavy atom. The minimum absolute atomic E-state index is 0.182. The van der Waals surface area contributed by atoms with Gasteiger partial charge < -0.3 is 25.0 Å². The molecule has 11 heteroatoms. The second kappa shape index (κ2) is 11.7. The van der Waals surface area contributed by atoms with Gasteiger partial charge in [-0.25, -0.2) is 9.97 Å². The number of rotatable bonds is 11. The van der Waals surface area contributed by atoms with Crippen LogP contribution in [0, 0.1) is 0 Å². The van der Waals surface area contributed by atoms with E-state index in [1.807, 2.05) is 0 Å². The minimum atomic E-state index is -0.397. The molecule has 0 aliphatic heterocycles. The predicted octanol–water partition coefficient (Wildman–Crippen LogP) is 5.41. The van der Waals surface area contributed by atoms with E-state index in [-0.39, 0.29) is 15.7 Å². The molecule has 0 saturated heterocycles. The van der Waals surface area contributed by atoms with Crippen molar-refractivity contribution in [3.63, 3.8) is 0 Å². The number of amides is 1. The number of hydrogen-bond acceptors (Lipinski definition) is 8. The van der Waals surface area contributed by atoms with Gasteiger partial charge in [-0.2, -0.15) is 0 Å². The Bertz CT molecular complexity index is 1090. The second-order valence-electron chi connectivity index (χ2n) is 7.09.